The first-order chi connectivity index (χ1) is 9.45. The Hall–Kier alpha value is -1.20. The molecule has 0 aliphatic carbocycles. The molecule has 0 atom stereocenters. The zero-order valence-electron chi connectivity index (χ0n) is 11.1. The molecule has 1 aliphatic heterocycles. The van der Waals surface area contributed by atoms with Gasteiger partial charge in [-0.2, -0.15) is 12.7 Å². The van der Waals surface area contributed by atoms with Gasteiger partial charge in [-0.05, 0) is 6.92 Å². The summed E-state index contributed by atoms with van der Waals surface area (Å²) in [6.45, 7) is 0.0527. The molecular weight excluding hydrogens is 292 g/mol. The second-order valence-electron chi connectivity index (χ2n) is 3.85. The maximum absolute atomic E-state index is 12.2. The minimum atomic E-state index is -4.09. The predicted octanol–water partition coefficient (Wildman–Crippen LogP) is -1.79. The molecular formula is C10H18N2O7S. The van der Waals surface area contributed by atoms with E-state index in [2.05, 4.69) is 0 Å². The molecule has 0 radical (unpaired) electrons. The van der Waals surface area contributed by atoms with Crippen molar-refractivity contribution in [1.29, 1.82) is 0 Å². The summed E-state index contributed by atoms with van der Waals surface area (Å²) < 4.78 is 35.7. The molecule has 2 N–H and O–H groups in total. The Kier molecular flexibility index (Phi) is 6.36. The first-order valence-corrected chi connectivity index (χ1v) is 7.24. The molecule has 0 saturated heterocycles. The van der Waals surface area contributed by atoms with Crippen LogP contribution in [0.4, 0.5) is 0 Å². The number of amides is 1. The molecule has 0 aromatic heterocycles. The highest BCUT2D eigenvalue weighted by atomic mass is 32.2. The average molecular weight is 310 g/mol. The SMILES string of the molecule is CC1=CC(=O)N(COCCO)S(=O)(=O)N1COCCO. The smallest absolute Gasteiger partial charge is 0.332 e. The Bertz CT molecular complexity index is 462. The molecule has 0 saturated carbocycles. The molecule has 9 nitrogen and oxygen atoms in total. The van der Waals surface area contributed by atoms with Crippen molar-refractivity contribution in [3.63, 3.8) is 0 Å². The van der Waals surface area contributed by atoms with E-state index < -0.39 is 22.8 Å². The maximum Gasteiger partial charge on any atom is 0.332 e. The van der Waals surface area contributed by atoms with E-state index in [9.17, 15) is 13.2 Å². The minimum Gasteiger partial charge on any atom is -0.394 e. The molecule has 0 aromatic rings. The standard InChI is InChI=1S/C10H18N2O7S/c1-9-6-10(15)12(8-19-5-3-14)20(16,17)11(9)7-18-4-2-13/h6,13-14H,2-5,7-8H2,1H3. The summed E-state index contributed by atoms with van der Waals surface area (Å²) in [6.07, 6.45) is 1.14. The van der Waals surface area contributed by atoms with Gasteiger partial charge < -0.3 is 19.7 Å². The van der Waals surface area contributed by atoms with Gasteiger partial charge in [-0.3, -0.25) is 4.79 Å². The van der Waals surface area contributed by atoms with Gasteiger partial charge in [-0.25, -0.2) is 4.31 Å². The van der Waals surface area contributed by atoms with E-state index in [1.54, 1.807) is 0 Å². The highest BCUT2D eigenvalue weighted by molar-refractivity contribution is 7.87. The summed E-state index contributed by atoms with van der Waals surface area (Å²) in [4.78, 5) is 11.7. The molecule has 10 heteroatoms. The lowest BCUT2D eigenvalue weighted by molar-refractivity contribution is -0.126. The van der Waals surface area contributed by atoms with Crippen LogP contribution < -0.4 is 0 Å². The third kappa shape index (κ3) is 3.90. The molecule has 1 rings (SSSR count). The minimum absolute atomic E-state index is 0.0196. The number of aliphatic hydroxyl groups is 2. The Labute approximate surface area is 117 Å². The Morgan fingerprint density at radius 3 is 2.10 bits per heavy atom. The fourth-order valence-corrected chi connectivity index (χ4v) is 2.81. The topological polar surface area (TPSA) is 117 Å². The second-order valence-corrected chi connectivity index (χ2v) is 5.63. The summed E-state index contributed by atoms with van der Waals surface area (Å²) in [5.74, 6) is -0.723. The van der Waals surface area contributed by atoms with E-state index in [1.165, 1.54) is 6.92 Å². The average Bonchev–Trinajstić information content (AvgIpc) is 2.37. The molecule has 1 aliphatic rings. The normalized spacial score (nSPS) is 18.4. The molecule has 0 unspecified atom stereocenters. The zero-order chi connectivity index (χ0) is 15.2. The van der Waals surface area contributed by atoms with Crippen molar-refractivity contribution < 1.29 is 32.9 Å². The summed E-state index contributed by atoms with van der Waals surface area (Å²) in [5.41, 5.74) is 0.214. The van der Waals surface area contributed by atoms with Crippen LogP contribution in [0.25, 0.3) is 0 Å². The van der Waals surface area contributed by atoms with Crippen LogP contribution in [0, 0.1) is 0 Å². The largest absolute Gasteiger partial charge is 0.394 e. The third-order valence-electron chi connectivity index (χ3n) is 2.42. The number of carbonyl (C=O) groups excluding carboxylic acids is 1. The first kappa shape index (κ1) is 16.9. The number of ether oxygens (including phenoxy) is 2. The van der Waals surface area contributed by atoms with Crippen molar-refractivity contribution >= 4 is 16.1 Å². The van der Waals surface area contributed by atoms with Crippen molar-refractivity contribution in [2.24, 2.45) is 0 Å². The van der Waals surface area contributed by atoms with Crippen molar-refractivity contribution in [2.45, 2.75) is 6.92 Å². The van der Waals surface area contributed by atoms with E-state index in [-0.39, 0.29) is 38.9 Å². The lowest BCUT2D eigenvalue weighted by Crippen LogP contribution is -2.50. The molecule has 20 heavy (non-hydrogen) atoms. The van der Waals surface area contributed by atoms with Gasteiger partial charge in [0.1, 0.15) is 13.5 Å². The number of nitrogens with zero attached hydrogens (tertiary/aromatic N) is 2. The highest BCUT2D eigenvalue weighted by Crippen LogP contribution is 2.21. The molecule has 1 amide bonds. The molecule has 0 fully saturated rings. The van der Waals surface area contributed by atoms with E-state index in [1.807, 2.05) is 0 Å². The molecule has 0 bridgehead atoms. The molecule has 0 spiro atoms. The van der Waals surface area contributed by atoms with Gasteiger partial charge in [-0.1, -0.05) is 0 Å². The number of rotatable bonds is 8. The molecule has 116 valence electrons. The number of hydrogen-bond donors (Lipinski definition) is 2. The van der Waals surface area contributed by atoms with Crippen LogP contribution >= 0.6 is 0 Å². The van der Waals surface area contributed by atoms with Crippen LogP contribution in [0.5, 0.6) is 0 Å². The zero-order valence-corrected chi connectivity index (χ0v) is 11.9. The number of carbonyl (C=O) groups is 1. The van der Waals surface area contributed by atoms with Gasteiger partial charge in [0.05, 0.1) is 26.4 Å². The summed E-state index contributed by atoms with van der Waals surface area (Å²) in [6, 6.07) is 0. The van der Waals surface area contributed by atoms with Gasteiger partial charge in [0.25, 0.3) is 5.91 Å². The van der Waals surface area contributed by atoms with Gasteiger partial charge in [0.15, 0.2) is 0 Å². The fraction of sp³-hybridized carbons (Fsp3) is 0.700. The van der Waals surface area contributed by atoms with E-state index >= 15 is 0 Å². The van der Waals surface area contributed by atoms with Crippen molar-refractivity contribution in [3.05, 3.63) is 11.8 Å². The number of hydrogen-bond acceptors (Lipinski definition) is 7. The lowest BCUT2D eigenvalue weighted by Gasteiger charge is -2.34. The van der Waals surface area contributed by atoms with Gasteiger partial charge >= 0.3 is 10.2 Å². The summed E-state index contributed by atoms with van der Waals surface area (Å²) in [5, 5.41) is 17.2. The van der Waals surface area contributed by atoms with E-state index in [0.717, 1.165) is 10.4 Å². The van der Waals surface area contributed by atoms with E-state index in [4.69, 9.17) is 19.7 Å². The van der Waals surface area contributed by atoms with Gasteiger partial charge in [0.2, 0.25) is 0 Å². The Morgan fingerprint density at radius 1 is 1.10 bits per heavy atom. The Morgan fingerprint density at radius 2 is 1.60 bits per heavy atom. The lowest BCUT2D eigenvalue weighted by atomic mass is 10.4. The predicted molar refractivity (Wildman–Crippen MR) is 67.2 cm³/mol. The van der Waals surface area contributed by atoms with Crippen molar-refractivity contribution in [2.75, 3.05) is 39.9 Å². The highest BCUT2D eigenvalue weighted by Gasteiger charge is 2.37. The van der Waals surface area contributed by atoms with Crippen molar-refractivity contribution in [1.82, 2.24) is 8.61 Å². The fourth-order valence-electron chi connectivity index (χ4n) is 1.46. The number of allylic oxidation sites excluding steroid dienone is 1. The van der Waals surface area contributed by atoms with E-state index in [0.29, 0.717) is 4.31 Å². The van der Waals surface area contributed by atoms with Crippen LogP contribution in [0.1, 0.15) is 6.92 Å². The third-order valence-corrected chi connectivity index (χ3v) is 4.21. The second kappa shape index (κ2) is 7.55. The molecule has 1 heterocycles. The summed E-state index contributed by atoms with van der Waals surface area (Å²) >= 11 is 0. The van der Waals surface area contributed by atoms with Crippen LogP contribution in [-0.2, 0) is 24.5 Å². The van der Waals surface area contributed by atoms with Crippen molar-refractivity contribution in [3.8, 4) is 0 Å². The maximum atomic E-state index is 12.2. The van der Waals surface area contributed by atoms with Crippen LogP contribution in [0.15, 0.2) is 11.8 Å². The van der Waals surface area contributed by atoms with Gasteiger partial charge in [-0.15, -0.1) is 0 Å². The van der Waals surface area contributed by atoms with Crippen LogP contribution in [0.3, 0.4) is 0 Å². The number of aliphatic hydroxyl groups excluding tert-OH is 2. The monoisotopic (exact) mass is 310 g/mol. The summed E-state index contributed by atoms with van der Waals surface area (Å²) in [7, 11) is -4.09. The Balaban J connectivity index is 2.85. The first-order valence-electron chi connectivity index (χ1n) is 5.85. The quantitative estimate of drug-likeness (QED) is 0.509. The van der Waals surface area contributed by atoms with Crippen LogP contribution in [-0.4, -0.2) is 73.0 Å². The van der Waals surface area contributed by atoms with Gasteiger partial charge in [0, 0.05) is 11.8 Å². The molecule has 0 aromatic carbocycles. The van der Waals surface area contributed by atoms with Crippen LogP contribution in [0.2, 0.25) is 0 Å².